The first kappa shape index (κ1) is 48.0. The van der Waals surface area contributed by atoms with Crippen LogP contribution in [-0.4, -0.2) is 47.8 Å². The number of carbonyl (C=O) groups excluding carboxylic acids is 1. The molecule has 0 heterocycles. The number of nitrogens with one attached hydrogen (secondary N) is 1. The highest BCUT2D eigenvalue weighted by Gasteiger charge is 2.27. The first-order chi connectivity index (χ1) is 23.9. The second-order valence-corrected chi connectivity index (χ2v) is 15.3. The first-order valence-electron chi connectivity index (χ1n) is 20.5. The number of aliphatic hydroxyl groups is 1. The number of unbranched alkanes of at least 4 members (excludes halogenated alkanes) is 22. The Hall–Kier alpha value is -1.02. The van der Waals surface area contributed by atoms with E-state index in [0.717, 1.165) is 64.2 Å². The number of nitrogens with two attached hydrogens (primary N) is 1. The highest BCUT2D eigenvalue weighted by atomic mass is 31.2. The third kappa shape index (κ3) is 35.2. The van der Waals surface area contributed by atoms with E-state index >= 15 is 0 Å². The molecule has 3 unspecified atom stereocenters. The molecule has 0 saturated carbocycles. The van der Waals surface area contributed by atoms with Crippen LogP contribution in [0.5, 0.6) is 0 Å². The van der Waals surface area contributed by atoms with Crippen LogP contribution < -0.4 is 11.1 Å². The molecule has 0 aromatic rings. The smallest absolute Gasteiger partial charge is 0.391 e. The van der Waals surface area contributed by atoms with Crippen molar-refractivity contribution < 1.29 is 28.4 Å². The Kier molecular flexibility index (Phi) is 36.0. The summed E-state index contributed by atoms with van der Waals surface area (Å²) in [5.74, 6) is -0.175. The zero-order valence-corrected chi connectivity index (χ0v) is 32.8. The number of carbonyl (C=O) groups is 1. The molecule has 8 nitrogen and oxygen atoms in total. The number of aliphatic hydroxyl groups excluding tert-OH is 1. The van der Waals surface area contributed by atoms with Gasteiger partial charge >= 0.3 is 7.82 Å². The molecule has 0 aliphatic rings. The van der Waals surface area contributed by atoms with Crippen molar-refractivity contribution in [2.24, 2.45) is 5.73 Å². The first-order valence-corrected chi connectivity index (χ1v) is 21.9. The number of hydrogen-bond acceptors (Lipinski definition) is 6. The lowest BCUT2D eigenvalue weighted by molar-refractivity contribution is -0.123. The Morgan fingerprint density at radius 2 is 1.12 bits per heavy atom. The monoisotopic (exact) mass is 715 g/mol. The summed E-state index contributed by atoms with van der Waals surface area (Å²) in [6, 6.07) is -0.779. The van der Waals surface area contributed by atoms with E-state index < -0.39 is 20.0 Å². The van der Waals surface area contributed by atoms with Gasteiger partial charge in [0.1, 0.15) is 0 Å². The van der Waals surface area contributed by atoms with Crippen LogP contribution in [0.15, 0.2) is 24.3 Å². The van der Waals surface area contributed by atoms with Gasteiger partial charge in [-0.15, -0.1) is 0 Å². The topological polar surface area (TPSA) is 131 Å². The standard InChI is InChI=1S/C40H79N2O6P/c1-3-5-7-9-11-13-15-17-19-21-23-25-27-29-31-33-39(43)38(37-48-49(45,46)47-36-35-41)42-40(44)34-32-30-28-26-24-22-20-18-16-14-12-10-8-6-4-2/h12,14,18,20,38-39,43H,3-11,13,15-17,19,21-37,41H2,1-2H3,(H,42,44)(H,45,46)/b14-12-,20-18-. The molecule has 0 aliphatic carbocycles. The van der Waals surface area contributed by atoms with Gasteiger partial charge in [0.05, 0.1) is 25.4 Å². The third-order valence-electron chi connectivity index (χ3n) is 9.06. The highest BCUT2D eigenvalue weighted by molar-refractivity contribution is 7.47. The Morgan fingerprint density at radius 1 is 0.673 bits per heavy atom. The van der Waals surface area contributed by atoms with Crippen LogP contribution in [0.2, 0.25) is 0 Å². The number of amides is 1. The second-order valence-electron chi connectivity index (χ2n) is 13.8. The molecule has 0 aliphatic heterocycles. The minimum absolute atomic E-state index is 0.0868. The molecule has 3 atom stereocenters. The van der Waals surface area contributed by atoms with Gasteiger partial charge in [-0.1, -0.05) is 167 Å². The maximum absolute atomic E-state index is 12.7. The maximum Gasteiger partial charge on any atom is 0.472 e. The molecule has 1 amide bonds. The molecule has 0 aromatic carbocycles. The molecule has 9 heteroatoms. The van der Waals surface area contributed by atoms with E-state index in [-0.39, 0.29) is 25.7 Å². The molecular weight excluding hydrogens is 635 g/mol. The van der Waals surface area contributed by atoms with Crippen LogP contribution in [0.1, 0.15) is 194 Å². The van der Waals surface area contributed by atoms with Crippen molar-refractivity contribution >= 4 is 13.7 Å². The summed E-state index contributed by atoms with van der Waals surface area (Å²) in [6.45, 7) is 4.17. The van der Waals surface area contributed by atoms with Crippen molar-refractivity contribution in [1.82, 2.24) is 5.32 Å². The fourth-order valence-electron chi connectivity index (χ4n) is 5.93. The van der Waals surface area contributed by atoms with Crippen LogP contribution in [0, 0.1) is 0 Å². The number of allylic oxidation sites excluding steroid dienone is 4. The van der Waals surface area contributed by atoms with E-state index in [1.165, 1.54) is 103 Å². The van der Waals surface area contributed by atoms with E-state index in [1.54, 1.807) is 0 Å². The number of hydrogen-bond donors (Lipinski definition) is 4. The Morgan fingerprint density at radius 3 is 1.65 bits per heavy atom. The van der Waals surface area contributed by atoms with Gasteiger partial charge in [-0.2, -0.15) is 0 Å². The molecular formula is C40H79N2O6P. The molecule has 0 fully saturated rings. The highest BCUT2D eigenvalue weighted by Crippen LogP contribution is 2.43. The summed E-state index contributed by atoms with van der Waals surface area (Å²) in [6.07, 6.45) is 40.3. The van der Waals surface area contributed by atoms with E-state index in [4.69, 9.17) is 14.8 Å². The van der Waals surface area contributed by atoms with Gasteiger partial charge in [-0.05, 0) is 44.9 Å². The molecule has 0 saturated heterocycles. The van der Waals surface area contributed by atoms with Crippen molar-refractivity contribution in [2.45, 2.75) is 206 Å². The lowest BCUT2D eigenvalue weighted by Gasteiger charge is -2.25. The number of phosphoric acid groups is 1. The van der Waals surface area contributed by atoms with E-state index in [1.807, 2.05) is 0 Å². The van der Waals surface area contributed by atoms with E-state index in [9.17, 15) is 19.4 Å². The van der Waals surface area contributed by atoms with Crippen LogP contribution >= 0.6 is 7.82 Å². The van der Waals surface area contributed by atoms with Gasteiger partial charge < -0.3 is 21.1 Å². The Labute approximate surface area is 302 Å². The predicted octanol–water partition coefficient (Wildman–Crippen LogP) is 11.0. The fourth-order valence-corrected chi connectivity index (χ4v) is 6.69. The molecule has 0 bridgehead atoms. The van der Waals surface area contributed by atoms with Gasteiger partial charge in [-0.25, -0.2) is 4.57 Å². The zero-order chi connectivity index (χ0) is 36.1. The molecule has 0 radical (unpaired) electrons. The summed E-state index contributed by atoms with van der Waals surface area (Å²) in [5, 5.41) is 13.8. The lowest BCUT2D eigenvalue weighted by atomic mass is 10.0. The lowest BCUT2D eigenvalue weighted by Crippen LogP contribution is -2.46. The summed E-state index contributed by atoms with van der Waals surface area (Å²) in [5.41, 5.74) is 5.37. The fraction of sp³-hybridized carbons (Fsp3) is 0.875. The van der Waals surface area contributed by atoms with Crippen LogP contribution in [0.25, 0.3) is 0 Å². The normalized spacial score (nSPS) is 14.5. The summed E-state index contributed by atoms with van der Waals surface area (Å²) in [4.78, 5) is 22.7. The Bertz CT molecular complexity index is 825. The quantitative estimate of drug-likeness (QED) is 0.0284. The average molecular weight is 715 g/mol. The summed E-state index contributed by atoms with van der Waals surface area (Å²) in [7, 11) is -4.31. The third-order valence-corrected chi connectivity index (χ3v) is 10.0. The summed E-state index contributed by atoms with van der Waals surface area (Å²) < 4.78 is 22.1. The molecule has 290 valence electrons. The number of phosphoric ester groups is 1. The number of rotatable bonds is 38. The second kappa shape index (κ2) is 36.8. The van der Waals surface area contributed by atoms with Gasteiger partial charge in [0.15, 0.2) is 0 Å². The van der Waals surface area contributed by atoms with Crippen molar-refractivity contribution in [3.8, 4) is 0 Å². The van der Waals surface area contributed by atoms with E-state index in [2.05, 4.69) is 43.5 Å². The SMILES string of the molecule is CCCCC/C=C\C/C=C\CCCCCCCC(=O)NC(COP(=O)(O)OCCN)C(O)CCCCCCCCCCCCCCCCC. The van der Waals surface area contributed by atoms with Gasteiger partial charge in [0.25, 0.3) is 0 Å². The molecule has 0 spiro atoms. The Balaban J connectivity index is 4.23. The maximum atomic E-state index is 12.7. The van der Waals surface area contributed by atoms with Crippen molar-refractivity contribution in [3.63, 3.8) is 0 Å². The van der Waals surface area contributed by atoms with Crippen LogP contribution in [-0.2, 0) is 18.4 Å². The van der Waals surface area contributed by atoms with Gasteiger partial charge in [0.2, 0.25) is 5.91 Å². The van der Waals surface area contributed by atoms with E-state index in [0.29, 0.717) is 12.8 Å². The van der Waals surface area contributed by atoms with Crippen molar-refractivity contribution in [2.75, 3.05) is 19.8 Å². The minimum atomic E-state index is -4.31. The largest absolute Gasteiger partial charge is 0.472 e. The van der Waals surface area contributed by atoms with Gasteiger partial charge in [-0.3, -0.25) is 13.8 Å². The molecule has 5 N–H and O–H groups in total. The van der Waals surface area contributed by atoms with Crippen LogP contribution in [0.4, 0.5) is 0 Å². The van der Waals surface area contributed by atoms with Crippen molar-refractivity contribution in [3.05, 3.63) is 24.3 Å². The van der Waals surface area contributed by atoms with Crippen molar-refractivity contribution in [1.29, 1.82) is 0 Å². The predicted molar refractivity (Wildman–Crippen MR) is 208 cm³/mol. The van der Waals surface area contributed by atoms with Gasteiger partial charge in [0, 0.05) is 13.0 Å². The summed E-state index contributed by atoms with van der Waals surface area (Å²) >= 11 is 0. The average Bonchev–Trinajstić information content (AvgIpc) is 3.09. The molecule has 49 heavy (non-hydrogen) atoms. The molecule has 0 aromatic heterocycles. The zero-order valence-electron chi connectivity index (χ0n) is 31.9. The van der Waals surface area contributed by atoms with Crippen LogP contribution in [0.3, 0.4) is 0 Å². The molecule has 0 rings (SSSR count). The minimum Gasteiger partial charge on any atom is -0.391 e.